The van der Waals surface area contributed by atoms with Crippen molar-refractivity contribution in [1.82, 2.24) is 14.8 Å². The van der Waals surface area contributed by atoms with Gasteiger partial charge in [-0.15, -0.1) is 0 Å². The number of anilines is 1. The molecule has 4 aliphatic rings. The number of likely N-dealkylation sites (tertiary alicyclic amines) is 2. The molecule has 1 aromatic carbocycles. The average Bonchev–Trinajstić information content (AvgIpc) is 3.31. The smallest absolute Gasteiger partial charge is 0.163 e. The third-order valence-electron chi connectivity index (χ3n) is 10.2. The Hall–Kier alpha value is -2.77. The van der Waals surface area contributed by atoms with E-state index < -0.39 is 0 Å². The van der Waals surface area contributed by atoms with E-state index in [1.807, 2.05) is 19.1 Å². The lowest BCUT2D eigenvalue weighted by Gasteiger charge is -2.57. The van der Waals surface area contributed by atoms with Gasteiger partial charge in [-0.3, -0.25) is 0 Å². The largest absolute Gasteiger partial charge is 0.493 e. The van der Waals surface area contributed by atoms with Crippen LogP contribution < -0.4 is 14.8 Å². The van der Waals surface area contributed by atoms with Gasteiger partial charge in [0.25, 0.3) is 0 Å². The zero-order chi connectivity index (χ0) is 27.6. The highest BCUT2D eigenvalue weighted by molar-refractivity contribution is 5.95. The monoisotopic (exact) mass is 544 g/mol. The molecule has 2 aliphatic carbocycles. The number of hydrogen-bond donors (Lipinski definition) is 1. The van der Waals surface area contributed by atoms with Gasteiger partial charge in [-0.2, -0.15) is 0 Å². The van der Waals surface area contributed by atoms with Crippen LogP contribution in [0.15, 0.2) is 34.7 Å². The number of nitrogens with one attached hydrogen (secondary N) is 1. The number of hydrogen-bond acceptors (Lipinski definition) is 7. The Kier molecular flexibility index (Phi) is 6.31. The van der Waals surface area contributed by atoms with Crippen molar-refractivity contribution in [3.63, 3.8) is 0 Å². The summed E-state index contributed by atoms with van der Waals surface area (Å²) in [6.45, 7) is 11.4. The Morgan fingerprint density at radius 2 is 1.75 bits per heavy atom. The van der Waals surface area contributed by atoms with Crippen LogP contribution in [0.5, 0.6) is 11.5 Å². The van der Waals surface area contributed by atoms with Crippen molar-refractivity contribution in [1.29, 1.82) is 0 Å². The van der Waals surface area contributed by atoms with Crippen LogP contribution in [0.1, 0.15) is 58.1 Å². The Morgan fingerprint density at radius 3 is 2.38 bits per heavy atom. The van der Waals surface area contributed by atoms with E-state index in [0.29, 0.717) is 22.9 Å². The molecule has 0 atom stereocenters. The van der Waals surface area contributed by atoms with Crippen LogP contribution in [0.2, 0.25) is 0 Å². The number of aryl methyl sites for hydroxylation is 1. The summed E-state index contributed by atoms with van der Waals surface area (Å²) in [6, 6.07) is 11.5. The first kappa shape index (κ1) is 26.1. The minimum atomic E-state index is 0.238. The predicted octanol–water partition coefficient (Wildman–Crippen LogP) is 6.35. The summed E-state index contributed by atoms with van der Waals surface area (Å²) in [5.41, 5.74) is 3.81. The predicted molar refractivity (Wildman–Crippen MR) is 159 cm³/mol. The van der Waals surface area contributed by atoms with Crippen LogP contribution in [0.25, 0.3) is 22.4 Å². The fourth-order valence-electron chi connectivity index (χ4n) is 8.06. The number of benzene rings is 1. The van der Waals surface area contributed by atoms with E-state index in [-0.39, 0.29) is 6.10 Å². The highest BCUT2D eigenvalue weighted by Crippen LogP contribution is 2.52. The number of aromatic nitrogens is 1. The van der Waals surface area contributed by atoms with Crippen molar-refractivity contribution in [2.45, 2.75) is 77.5 Å². The third kappa shape index (κ3) is 4.65. The molecule has 2 aliphatic heterocycles. The third-order valence-corrected chi connectivity index (χ3v) is 10.2. The molecule has 2 spiro atoms. The summed E-state index contributed by atoms with van der Waals surface area (Å²) in [5, 5.41) is 4.98. The van der Waals surface area contributed by atoms with E-state index in [0.717, 1.165) is 58.1 Å². The van der Waals surface area contributed by atoms with Crippen molar-refractivity contribution in [3.05, 3.63) is 36.1 Å². The molecule has 4 heterocycles. The highest BCUT2D eigenvalue weighted by Gasteiger charge is 2.52. The van der Waals surface area contributed by atoms with Crippen LogP contribution in [0.3, 0.4) is 0 Å². The second kappa shape index (κ2) is 9.66. The van der Waals surface area contributed by atoms with Gasteiger partial charge in [0.2, 0.25) is 0 Å². The minimum Gasteiger partial charge on any atom is -0.493 e. The Morgan fingerprint density at radius 1 is 1.00 bits per heavy atom. The van der Waals surface area contributed by atoms with Crippen molar-refractivity contribution >= 4 is 16.6 Å². The molecule has 3 aromatic rings. The average molecular weight is 545 g/mol. The first-order chi connectivity index (χ1) is 19.2. The summed E-state index contributed by atoms with van der Waals surface area (Å²) in [5.74, 6) is 3.24. The lowest BCUT2D eigenvalue weighted by molar-refractivity contribution is -0.109. The molecule has 40 heavy (non-hydrogen) atoms. The maximum Gasteiger partial charge on any atom is 0.163 e. The summed E-state index contributed by atoms with van der Waals surface area (Å²) in [6.07, 6.45) is 7.55. The zero-order valence-corrected chi connectivity index (χ0v) is 24.8. The van der Waals surface area contributed by atoms with Crippen molar-refractivity contribution < 1.29 is 13.9 Å². The molecule has 7 heteroatoms. The lowest BCUT2D eigenvalue weighted by Crippen LogP contribution is -2.63. The molecule has 7 nitrogen and oxygen atoms in total. The zero-order valence-electron chi connectivity index (χ0n) is 24.8. The second-order valence-electron chi connectivity index (χ2n) is 13.7. The minimum absolute atomic E-state index is 0.238. The summed E-state index contributed by atoms with van der Waals surface area (Å²) >= 11 is 0. The molecule has 4 fully saturated rings. The number of nitrogens with zero attached hydrogens (tertiary/aromatic N) is 3. The highest BCUT2D eigenvalue weighted by atomic mass is 16.5. The van der Waals surface area contributed by atoms with Crippen molar-refractivity contribution in [2.75, 3.05) is 45.7 Å². The van der Waals surface area contributed by atoms with E-state index in [1.165, 1.54) is 51.9 Å². The van der Waals surface area contributed by atoms with Crippen molar-refractivity contribution in [2.24, 2.45) is 10.8 Å². The molecule has 214 valence electrons. The number of ether oxygens (including phenoxy) is 2. The number of rotatable bonds is 7. The Balaban J connectivity index is 1.14. The number of furan rings is 1. The molecule has 2 saturated carbocycles. The van der Waals surface area contributed by atoms with Crippen LogP contribution >= 0.6 is 0 Å². The van der Waals surface area contributed by atoms with Gasteiger partial charge in [0.15, 0.2) is 17.3 Å². The maximum absolute atomic E-state index is 6.52. The Labute approximate surface area is 238 Å². The van der Waals surface area contributed by atoms with Gasteiger partial charge in [0.1, 0.15) is 17.6 Å². The van der Waals surface area contributed by atoms with E-state index in [9.17, 15) is 0 Å². The quantitative estimate of drug-likeness (QED) is 0.372. The fourth-order valence-corrected chi connectivity index (χ4v) is 8.06. The molecular weight excluding hydrogens is 500 g/mol. The number of fused-ring (bicyclic) bond motifs is 1. The van der Waals surface area contributed by atoms with Gasteiger partial charge in [0, 0.05) is 47.7 Å². The van der Waals surface area contributed by atoms with Gasteiger partial charge in [0.05, 0.1) is 12.6 Å². The fraction of sp³-hybridized carbons (Fsp3) is 0.606. The first-order valence-electron chi connectivity index (χ1n) is 15.2. The second-order valence-corrected chi connectivity index (χ2v) is 13.7. The maximum atomic E-state index is 6.52. The summed E-state index contributed by atoms with van der Waals surface area (Å²) in [4.78, 5) is 10.1. The van der Waals surface area contributed by atoms with Crippen molar-refractivity contribution in [3.8, 4) is 23.0 Å². The summed E-state index contributed by atoms with van der Waals surface area (Å²) in [7, 11) is 3.93. The number of piperidine rings is 1. The normalized spacial score (nSPS) is 24.2. The van der Waals surface area contributed by atoms with Crippen LogP contribution in [-0.4, -0.2) is 73.3 Å². The van der Waals surface area contributed by atoms with E-state index >= 15 is 0 Å². The van der Waals surface area contributed by atoms with Gasteiger partial charge in [-0.1, -0.05) is 0 Å². The van der Waals surface area contributed by atoms with Crippen LogP contribution in [0.4, 0.5) is 5.69 Å². The molecule has 0 amide bonds. The number of methoxy groups -OCH3 is 1. The van der Waals surface area contributed by atoms with Gasteiger partial charge in [-0.25, -0.2) is 4.98 Å². The van der Waals surface area contributed by atoms with Crippen LogP contribution in [0, 0.1) is 17.8 Å². The van der Waals surface area contributed by atoms with Gasteiger partial charge >= 0.3 is 0 Å². The van der Waals surface area contributed by atoms with E-state index in [2.05, 4.69) is 54.2 Å². The molecular formula is C33H44N4O3. The molecule has 1 N–H and O–H groups in total. The summed E-state index contributed by atoms with van der Waals surface area (Å²) < 4.78 is 18.4. The molecule has 0 radical (unpaired) electrons. The molecule has 0 bridgehead atoms. The number of pyridine rings is 1. The van der Waals surface area contributed by atoms with Gasteiger partial charge in [-0.05, 0) is 109 Å². The van der Waals surface area contributed by atoms with Gasteiger partial charge < -0.3 is 29.0 Å². The molecule has 0 unspecified atom stereocenters. The van der Waals surface area contributed by atoms with E-state index in [4.69, 9.17) is 18.9 Å². The standard InChI is InChI=1S/C33H44N4O3/c1-21(2)37-10-8-32(9-11-37)15-23(16-32)34-26-13-28(29-7-6-22(3)39-29)35-27-14-31(30(38-5)12-25(26)27)40-24-17-33(18-24)19-36(4)20-33/h6-7,12-14,21,23-24H,8-11,15-20H2,1-5H3,(H,34,35). The topological polar surface area (TPSA) is 63.0 Å². The molecule has 2 saturated heterocycles. The first-order valence-corrected chi connectivity index (χ1v) is 15.2. The molecule has 2 aromatic heterocycles. The Bertz CT molecular complexity index is 1380. The SMILES string of the molecule is COc1cc2c(NC3CC4(CCN(C(C)C)CC4)C3)cc(-c3ccc(C)o3)nc2cc1OC1CC2(C1)CN(C)C2. The lowest BCUT2D eigenvalue weighted by atomic mass is 9.60. The van der Waals surface area contributed by atoms with Crippen LogP contribution in [-0.2, 0) is 0 Å². The van der Waals surface area contributed by atoms with E-state index in [1.54, 1.807) is 7.11 Å². The molecule has 7 rings (SSSR count).